The van der Waals surface area contributed by atoms with Crippen molar-refractivity contribution in [1.29, 1.82) is 0 Å². The highest BCUT2D eigenvalue weighted by Crippen LogP contribution is 2.19. The SMILES string of the molecule is CCCNC(CC)c1cccc(-n2cc(C(N)=O)cn2)c1. The van der Waals surface area contributed by atoms with Gasteiger partial charge in [0, 0.05) is 12.2 Å². The van der Waals surface area contributed by atoms with E-state index in [2.05, 4.69) is 36.4 Å². The lowest BCUT2D eigenvalue weighted by atomic mass is 10.0. The third-order valence-corrected chi connectivity index (χ3v) is 3.45. The average molecular weight is 286 g/mol. The summed E-state index contributed by atoms with van der Waals surface area (Å²) in [6, 6.07) is 8.50. The van der Waals surface area contributed by atoms with Crippen LogP contribution in [-0.2, 0) is 0 Å². The summed E-state index contributed by atoms with van der Waals surface area (Å²) in [7, 11) is 0. The summed E-state index contributed by atoms with van der Waals surface area (Å²) in [5.41, 5.74) is 7.82. The first-order valence-corrected chi connectivity index (χ1v) is 7.33. The van der Waals surface area contributed by atoms with E-state index >= 15 is 0 Å². The molecule has 112 valence electrons. The molecule has 0 saturated heterocycles. The van der Waals surface area contributed by atoms with Gasteiger partial charge in [0.2, 0.25) is 0 Å². The summed E-state index contributed by atoms with van der Waals surface area (Å²) in [5.74, 6) is -0.464. The molecule has 5 nitrogen and oxygen atoms in total. The molecule has 5 heteroatoms. The quantitative estimate of drug-likeness (QED) is 0.821. The topological polar surface area (TPSA) is 72.9 Å². The molecular formula is C16H22N4O. The van der Waals surface area contributed by atoms with Crippen molar-refractivity contribution >= 4 is 5.91 Å². The molecule has 1 aromatic heterocycles. The third kappa shape index (κ3) is 3.70. The predicted octanol–water partition coefficient (Wildman–Crippen LogP) is 2.42. The number of hydrogen-bond donors (Lipinski definition) is 2. The second kappa shape index (κ2) is 7.04. The first-order chi connectivity index (χ1) is 10.2. The molecule has 2 rings (SSSR count). The number of nitrogens with one attached hydrogen (secondary N) is 1. The van der Waals surface area contributed by atoms with Crippen molar-refractivity contribution < 1.29 is 4.79 Å². The van der Waals surface area contributed by atoms with Crippen molar-refractivity contribution in [2.24, 2.45) is 5.73 Å². The normalized spacial score (nSPS) is 12.3. The minimum atomic E-state index is -0.464. The molecule has 0 saturated carbocycles. The lowest BCUT2D eigenvalue weighted by Gasteiger charge is -2.17. The van der Waals surface area contributed by atoms with Crippen molar-refractivity contribution in [3.63, 3.8) is 0 Å². The second-order valence-electron chi connectivity index (χ2n) is 5.05. The van der Waals surface area contributed by atoms with Gasteiger partial charge >= 0.3 is 0 Å². The van der Waals surface area contributed by atoms with E-state index in [1.807, 2.05) is 12.1 Å². The Kier molecular flexibility index (Phi) is 5.11. The van der Waals surface area contributed by atoms with E-state index in [1.54, 1.807) is 10.9 Å². The number of primary amides is 1. The number of rotatable bonds is 7. The summed E-state index contributed by atoms with van der Waals surface area (Å²) in [5, 5.41) is 7.73. The maximum absolute atomic E-state index is 11.1. The van der Waals surface area contributed by atoms with Crippen LogP contribution in [0.2, 0.25) is 0 Å². The van der Waals surface area contributed by atoms with Crippen molar-refractivity contribution in [3.05, 3.63) is 47.8 Å². The highest BCUT2D eigenvalue weighted by Gasteiger charge is 2.10. The van der Waals surface area contributed by atoms with Crippen LogP contribution in [0.3, 0.4) is 0 Å². The van der Waals surface area contributed by atoms with Gasteiger partial charge in [0.1, 0.15) is 0 Å². The first-order valence-electron chi connectivity index (χ1n) is 7.33. The van der Waals surface area contributed by atoms with Gasteiger partial charge in [-0.15, -0.1) is 0 Å². The van der Waals surface area contributed by atoms with Crippen molar-refractivity contribution in [2.75, 3.05) is 6.54 Å². The Morgan fingerprint density at radius 2 is 2.24 bits per heavy atom. The van der Waals surface area contributed by atoms with Gasteiger partial charge in [-0.25, -0.2) is 4.68 Å². The summed E-state index contributed by atoms with van der Waals surface area (Å²) in [4.78, 5) is 11.1. The molecule has 0 radical (unpaired) electrons. The molecular weight excluding hydrogens is 264 g/mol. The van der Waals surface area contributed by atoms with Gasteiger partial charge in [0.05, 0.1) is 17.4 Å². The summed E-state index contributed by atoms with van der Waals surface area (Å²) >= 11 is 0. The highest BCUT2D eigenvalue weighted by molar-refractivity contribution is 5.92. The minimum absolute atomic E-state index is 0.330. The number of carbonyl (C=O) groups excluding carboxylic acids is 1. The van der Waals surface area contributed by atoms with E-state index < -0.39 is 5.91 Å². The maximum Gasteiger partial charge on any atom is 0.251 e. The maximum atomic E-state index is 11.1. The largest absolute Gasteiger partial charge is 0.366 e. The zero-order valence-corrected chi connectivity index (χ0v) is 12.5. The molecule has 0 aliphatic carbocycles. The Balaban J connectivity index is 2.25. The van der Waals surface area contributed by atoms with Gasteiger partial charge in [-0.3, -0.25) is 4.79 Å². The molecule has 3 N–H and O–H groups in total. The van der Waals surface area contributed by atoms with E-state index in [1.165, 1.54) is 11.8 Å². The van der Waals surface area contributed by atoms with Crippen LogP contribution in [0.5, 0.6) is 0 Å². The van der Waals surface area contributed by atoms with Gasteiger partial charge in [-0.05, 0) is 37.1 Å². The smallest absolute Gasteiger partial charge is 0.251 e. The first kappa shape index (κ1) is 15.3. The van der Waals surface area contributed by atoms with Gasteiger partial charge in [-0.2, -0.15) is 5.10 Å². The number of hydrogen-bond acceptors (Lipinski definition) is 3. The number of nitrogens with two attached hydrogens (primary N) is 1. The lowest BCUT2D eigenvalue weighted by Crippen LogP contribution is -2.21. The highest BCUT2D eigenvalue weighted by atomic mass is 16.1. The Morgan fingerprint density at radius 1 is 1.43 bits per heavy atom. The van der Waals surface area contributed by atoms with Crippen LogP contribution >= 0.6 is 0 Å². The number of nitrogens with zero attached hydrogens (tertiary/aromatic N) is 2. The van der Waals surface area contributed by atoms with Crippen molar-refractivity contribution in [1.82, 2.24) is 15.1 Å². The van der Waals surface area contributed by atoms with Crippen molar-refractivity contribution in [2.45, 2.75) is 32.7 Å². The van der Waals surface area contributed by atoms with Gasteiger partial charge < -0.3 is 11.1 Å². The van der Waals surface area contributed by atoms with Crippen LogP contribution in [-0.4, -0.2) is 22.2 Å². The molecule has 0 aliphatic heterocycles. The fourth-order valence-electron chi connectivity index (χ4n) is 2.29. The number of carbonyl (C=O) groups is 1. The molecule has 1 amide bonds. The predicted molar refractivity (Wildman–Crippen MR) is 83.4 cm³/mol. The standard InChI is InChI=1S/C16H22N4O/c1-3-8-18-15(4-2)12-6-5-7-14(9-12)20-11-13(10-19-20)16(17)21/h5-7,9-11,15,18H,3-4,8H2,1-2H3,(H2,17,21). The molecule has 0 aliphatic rings. The summed E-state index contributed by atoms with van der Waals surface area (Å²) in [6.07, 6.45) is 5.27. The van der Waals surface area contributed by atoms with E-state index in [4.69, 9.17) is 5.73 Å². The van der Waals surface area contributed by atoms with E-state index in [0.29, 0.717) is 11.6 Å². The van der Waals surface area contributed by atoms with Gasteiger partial charge in [0.15, 0.2) is 0 Å². The summed E-state index contributed by atoms with van der Waals surface area (Å²) < 4.78 is 1.68. The fraction of sp³-hybridized carbons (Fsp3) is 0.375. The molecule has 0 spiro atoms. The molecule has 0 fully saturated rings. The van der Waals surface area contributed by atoms with E-state index in [0.717, 1.165) is 25.1 Å². The van der Waals surface area contributed by atoms with Crippen LogP contribution < -0.4 is 11.1 Å². The monoisotopic (exact) mass is 286 g/mol. The fourth-order valence-corrected chi connectivity index (χ4v) is 2.29. The van der Waals surface area contributed by atoms with Crippen LogP contribution in [0.1, 0.15) is 48.7 Å². The number of aromatic nitrogens is 2. The van der Waals surface area contributed by atoms with Crippen LogP contribution in [0, 0.1) is 0 Å². The molecule has 0 bridgehead atoms. The van der Waals surface area contributed by atoms with E-state index in [-0.39, 0.29) is 0 Å². The van der Waals surface area contributed by atoms with E-state index in [9.17, 15) is 4.79 Å². The Morgan fingerprint density at radius 3 is 2.86 bits per heavy atom. The van der Waals surface area contributed by atoms with Crippen LogP contribution in [0.4, 0.5) is 0 Å². The van der Waals surface area contributed by atoms with Crippen molar-refractivity contribution in [3.8, 4) is 5.69 Å². The zero-order chi connectivity index (χ0) is 15.2. The molecule has 1 aromatic carbocycles. The molecule has 1 unspecified atom stereocenters. The van der Waals surface area contributed by atoms with Crippen LogP contribution in [0.15, 0.2) is 36.7 Å². The molecule has 1 atom stereocenters. The molecule has 1 heterocycles. The summed E-state index contributed by atoms with van der Waals surface area (Å²) in [6.45, 7) is 5.32. The lowest BCUT2D eigenvalue weighted by molar-refractivity contribution is 0.100. The second-order valence-corrected chi connectivity index (χ2v) is 5.05. The Labute approximate surface area is 125 Å². The molecule has 21 heavy (non-hydrogen) atoms. The zero-order valence-electron chi connectivity index (χ0n) is 12.5. The Hall–Kier alpha value is -2.14. The Bertz CT molecular complexity index is 606. The van der Waals surface area contributed by atoms with Gasteiger partial charge in [0.25, 0.3) is 5.91 Å². The van der Waals surface area contributed by atoms with Crippen LogP contribution in [0.25, 0.3) is 5.69 Å². The third-order valence-electron chi connectivity index (χ3n) is 3.45. The average Bonchev–Trinajstić information content (AvgIpc) is 2.98. The minimum Gasteiger partial charge on any atom is -0.366 e. The number of amides is 1. The number of benzene rings is 1. The molecule has 2 aromatic rings. The van der Waals surface area contributed by atoms with Gasteiger partial charge in [-0.1, -0.05) is 26.0 Å².